The Balaban J connectivity index is 1.59. The van der Waals surface area contributed by atoms with Crippen molar-refractivity contribution in [3.05, 3.63) is 40.9 Å². The van der Waals surface area contributed by atoms with Crippen LogP contribution in [0.15, 0.2) is 34.8 Å². The van der Waals surface area contributed by atoms with E-state index in [9.17, 15) is 4.79 Å². The van der Waals surface area contributed by atoms with E-state index < -0.39 is 0 Å². The van der Waals surface area contributed by atoms with Gasteiger partial charge in [-0.2, -0.15) is 0 Å². The maximum absolute atomic E-state index is 11.9. The van der Waals surface area contributed by atoms with E-state index in [1.165, 1.54) is 23.1 Å². The molecule has 2 heterocycles. The third kappa shape index (κ3) is 3.96. The Morgan fingerprint density at radius 3 is 2.87 bits per heavy atom. The van der Waals surface area contributed by atoms with Crippen LogP contribution in [0.4, 0.5) is 5.13 Å². The summed E-state index contributed by atoms with van der Waals surface area (Å²) in [7, 11) is 0. The van der Waals surface area contributed by atoms with Gasteiger partial charge < -0.3 is 5.32 Å². The van der Waals surface area contributed by atoms with E-state index >= 15 is 0 Å². The fourth-order valence-corrected chi connectivity index (χ4v) is 3.27. The first-order chi connectivity index (χ1) is 11.1. The van der Waals surface area contributed by atoms with Crippen LogP contribution in [0.25, 0.3) is 11.4 Å². The van der Waals surface area contributed by atoms with Crippen LogP contribution in [-0.4, -0.2) is 31.8 Å². The lowest BCUT2D eigenvalue weighted by molar-refractivity contribution is -0.113. The van der Waals surface area contributed by atoms with Crippen LogP contribution in [0, 0.1) is 13.8 Å². The van der Waals surface area contributed by atoms with Crippen molar-refractivity contribution in [3.63, 3.8) is 0 Å². The molecule has 3 rings (SSSR count). The molecule has 1 amide bonds. The maximum Gasteiger partial charge on any atom is 0.236 e. The number of carbonyl (C=O) groups is 1. The lowest BCUT2D eigenvalue weighted by Crippen LogP contribution is -2.13. The summed E-state index contributed by atoms with van der Waals surface area (Å²) < 4.78 is 0. The van der Waals surface area contributed by atoms with Crippen molar-refractivity contribution in [3.8, 4) is 11.4 Å². The third-order valence-electron chi connectivity index (χ3n) is 3.06. The predicted molar refractivity (Wildman–Crippen MR) is 92.8 cm³/mol. The Morgan fingerprint density at radius 1 is 1.30 bits per heavy atom. The number of nitrogens with zero attached hydrogens (tertiary/aromatic N) is 3. The molecule has 8 heteroatoms. The highest BCUT2D eigenvalue weighted by Gasteiger charge is 2.11. The molecule has 2 N–H and O–H groups in total. The molecule has 0 aliphatic heterocycles. The molecular weight excluding hydrogens is 330 g/mol. The molecule has 0 fully saturated rings. The first-order valence-corrected chi connectivity index (χ1v) is 8.81. The Hall–Kier alpha value is -2.19. The maximum atomic E-state index is 11.9. The quantitative estimate of drug-likeness (QED) is 0.693. The Kier molecular flexibility index (Phi) is 4.73. The lowest BCUT2D eigenvalue weighted by atomic mass is 10.1. The number of H-pyrrole nitrogens is 1. The zero-order valence-electron chi connectivity index (χ0n) is 12.7. The van der Waals surface area contributed by atoms with Crippen molar-refractivity contribution >= 4 is 34.1 Å². The summed E-state index contributed by atoms with van der Waals surface area (Å²) in [6.45, 7) is 3.91. The molecule has 0 bridgehead atoms. The summed E-state index contributed by atoms with van der Waals surface area (Å²) in [4.78, 5) is 20.5. The van der Waals surface area contributed by atoms with Crippen molar-refractivity contribution in [2.24, 2.45) is 0 Å². The van der Waals surface area contributed by atoms with Crippen molar-refractivity contribution < 1.29 is 4.79 Å². The van der Waals surface area contributed by atoms with Crippen LogP contribution >= 0.6 is 23.1 Å². The van der Waals surface area contributed by atoms with E-state index in [1.54, 1.807) is 0 Å². The molecule has 0 saturated carbocycles. The molecule has 23 heavy (non-hydrogen) atoms. The second kappa shape index (κ2) is 6.93. The van der Waals surface area contributed by atoms with E-state index in [-0.39, 0.29) is 11.7 Å². The molecule has 0 radical (unpaired) electrons. The minimum Gasteiger partial charge on any atom is -0.301 e. The van der Waals surface area contributed by atoms with Gasteiger partial charge in [0.25, 0.3) is 0 Å². The van der Waals surface area contributed by atoms with Gasteiger partial charge in [-0.15, -0.1) is 16.4 Å². The molecule has 1 aromatic carbocycles. The van der Waals surface area contributed by atoms with E-state index in [4.69, 9.17) is 0 Å². The molecule has 0 aliphatic carbocycles. The molecule has 0 saturated heterocycles. The van der Waals surface area contributed by atoms with Gasteiger partial charge in [0.2, 0.25) is 11.1 Å². The molecule has 0 aliphatic rings. The zero-order valence-corrected chi connectivity index (χ0v) is 14.3. The Bertz CT molecular complexity index is 827. The molecule has 118 valence electrons. The number of anilines is 1. The minimum atomic E-state index is -0.119. The van der Waals surface area contributed by atoms with E-state index in [0.29, 0.717) is 16.1 Å². The molecule has 0 atom stereocenters. The van der Waals surface area contributed by atoms with Crippen molar-refractivity contribution in [1.82, 2.24) is 20.2 Å². The van der Waals surface area contributed by atoms with Gasteiger partial charge in [-0.1, -0.05) is 36.0 Å². The summed E-state index contributed by atoms with van der Waals surface area (Å²) in [6.07, 6.45) is 0. The van der Waals surface area contributed by atoms with E-state index in [0.717, 1.165) is 16.8 Å². The zero-order chi connectivity index (χ0) is 16.2. The van der Waals surface area contributed by atoms with Gasteiger partial charge in [0, 0.05) is 10.9 Å². The molecule has 3 aromatic rings. The fourth-order valence-electron chi connectivity index (χ4n) is 1.97. The van der Waals surface area contributed by atoms with Gasteiger partial charge in [0.15, 0.2) is 11.0 Å². The van der Waals surface area contributed by atoms with Crippen LogP contribution in [0.5, 0.6) is 0 Å². The number of thiazole rings is 1. The monoisotopic (exact) mass is 345 g/mol. The number of carbonyl (C=O) groups excluding carboxylic acids is 1. The molecule has 2 aromatic heterocycles. The molecule has 0 spiro atoms. The highest BCUT2D eigenvalue weighted by molar-refractivity contribution is 7.99. The van der Waals surface area contributed by atoms with Crippen LogP contribution < -0.4 is 5.32 Å². The summed E-state index contributed by atoms with van der Waals surface area (Å²) in [5.74, 6) is 0.831. The van der Waals surface area contributed by atoms with Gasteiger partial charge in [0.1, 0.15) is 0 Å². The van der Waals surface area contributed by atoms with E-state index in [1.807, 2.05) is 43.5 Å². The lowest BCUT2D eigenvalue weighted by Gasteiger charge is -2.00. The largest absolute Gasteiger partial charge is 0.301 e. The smallest absolute Gasteiger partial charge is 0.236 e. The van der Waals surface area contributed by atoms with Crippen molar-refractivity contribution in [2.75, 3.05) is 11.1 Å². The second-order valence-corrected chi connectivity index (χ2v) is 6.71. The number of hydrogen-bond donors (Lipinski definition) is 2. The van der Waals surface area contributed by atoms with Crippen molar-refractivity contribution in [2.45, 2.75) is 19.0 Å². The average Bonchev–Trinajstić information content (AvgIpc) is 3.15. The van der Waals surface area contributed by atoms with Gasteiger partial charge in [-0.3, -0.25) is 9.89 Å². The van der Waals surface area contributed by atoms with Gasteiger partial charge in [-0.25, -0.2) is 9.97 Å². The first kappa shape index (κ1) is 15.7. The normalized spacial score (nSPS) is 10.7. The Labute approximate surface area is 141 Å². The van der Waals surface area contributed by atoms with Gasteiger partial charge in [-0.05, 0) is 19.4 Å². The summed E-state index contributed by atoms with van der Waals surface area (Å²) in [6, 6.07) is 7.95. The minimum absolute atomic E-state index is 0.119. The number of rotatable bonds is 5. The number of benzene rings is 1. The number of amides is 1. The number of hydrogen-bond acceptors (Lipinski definition) is 6. The SMILES string of the molecule is Cc1csc(NC(=O)CSc2n[nH]c(-c3ccccc3C)n2)n1. The highest BCUT2D eigenvalue weighted by atomic mass is 32.2. The number of thioether (sulfide) groups is 1. The third-order valence-corrected chi connectivity index (χ3v) is 4.79. The van der Waals surface area contributed by atoms with Crippen LogP contribution in [0.2, 0.25) is 0 Å². The summed E-state index contributed by atoms with van der Waals surface area (Å²) >= 11 is 2.70. The van der Waals surface area contributed by atoms with Crippen LogP contribution in [0.1, 0.15) is 11.3 Å². The number of nitrogens with one attached hydrogen (secondary N) is 2. The summed E-state index contributed by atoms with van der Waals surface area (Å²) in [5.41, 5.74) is 3.03. The van der Waals surface area contributed by atoms with Crippen molar-refractivity contribution in [1.29, 1.82) is 0 Å². The molecular formula is C15H15N5OS2. The van der Waals surface area contributed by atoms with Crippen LogP contribution in [-0.2, 0) is 4.79 Å². The number of aromatic amines is 1. The highest BCUT2D eigenvalue weighted by Crippen LogP contribution is 2.22. The standard InChI is InChI=1S/C15H15N5OS2/c1-9-5-3-4-6-11(9)13-18-15(20-19-13)23-8-12(21)17-14-16-10(2)7-22-14/h3-7H,8H2,1-2H3,(H,16,17,21)(H,18,19,20). The number of aromatic nitrogens is 4. The fraction of sp³-hybridized carbons (Fsp3) is 0.200. The van der Waals surface area contributed by atoms with Gasteiger partial charge in [0.05, 0.1) is 11.4 Å². The first-order valence-electron chi connectivity index (χ1n) is 6.95. The second-order valence-electron chi connectivity index (χ2n) is 4.91. The topological polar surface area (TPSA) is 83.6 Å². The number of aryl methyl sites for hydroxylation is 2. The average molecular weight is 345 g/mol. The van der Waals surface area contributed by atoms with Crippen LogP contribution in [0.3, 0.4) is 0 Å². The van der Waals surface area contributed by atoms with Gasteiger partial charge >= 0.3 is 0 Å². The van der Waals surface area contributed by atoms with E-state index in [2.05, 4.69) is 25.5 Å². The molecule has 6 nitrogen and oxygen atoms in total. The predicted octanol–water partition coefficient (Wildman–Crippen LogP) is 3.28. The molecule has 0 unspecified atom stereocenters. The summed E-state index contributed by atoms with van der Waals surface area (Å²) in [5, 5.41) is 12.9. The Morgan fingerprint density at radius 2 is 2.13 bits per heavy atom.